The van der Waals surface area contributed by atoms with E-state index in [1.807, 2.05) is 11.3 Å². The summed E-state index contributed by atoms with van der Waals surface area (Å²) in [4.78, 5) is 0. The standard InChI is InChI=1S/C50H30S/c1-2-15-33-32(14-1)34-16-3-4-18-36(34)38-29-28-31(30-45(38)37-19-6-5-17-35(33)37)48-39-20-7-9-22-41(39)49(42-23-10-8-21-40(42)48)44-25-13-27-47-50(44)43-24-11-12-26-46(43)51-47/h1-30H. The molecule has 1 heteroatoms. The Labute approximate surface area is 300 Å². The molecule has 1 aromatic heterocycles. The van der Waals surface area contributed by atoms with E-state index >= 15 is 0 Å². The lowest BCUT2D eigenvalue weighted by atomic mass is 9.79. The smallest absolute Gasteiger partial charge is 0.0361 e. The van der Waals surface area contributed by atoms with Gasteiger partial charge in [0, 0.05) is 20.2 Å². The first-order valence-electron chi connectivity index (χ1n) is 17.6. The minimum absolute atomic E-state index is 1.23. The molecule has 0 atom stereocenters. The number of fused-ring (bicyclic) bond motifs is 13. The predicted octanol–water partition coefficient (Wildman–Crippen LogP) is 14.7. The summed E-state index contributed by atoms with van der Waals surface area (Å²) in [6.45, 7) is 0. The van der Waals surface area contributed by atoms with Crippen LogP contribution < -0.4 is 0 Å². The lowest BCUT2D eigenvalue weighted by Gasteiger charge is -2.24. The second-order valence-electron chi connectivity index (χ2n) is 13.5. The molecular formula is C50H30S. The average molecular weight is 663 g/mol. The molecule has 0 fully saturated rings. The van der Waals surface area contributed by atoms with Crippen molar-refractivity contribution in [1.82, 2.24) is 0 Å². The molecular weight excluding hydrogens is 633 g/mol. The molecule has 0 saturated heterocycles. The van der Waals surface area contributed by atoms with Crippen LogP contribution in [0.2, 0.25) is 0 Å². The van der Waals surface area contributed by atoms with E-state index < -0.39 is 0 Å². The van der Waals surface area contributed by atoms with Crippen LogP contribution in [-0.2, 0) is 0 Å². The minimum atomic E-state index is 1.23. The maximum atomic E-state index is 2.46. The molecule has 1 heterocycles. The first-order valence-corrected chi connectivity index (χ1v) is 18.4. The fraction of sp³-hybridized carbons (Fsp3) is 0. The van der Waals surface area contributed by atoms with Crippen molar-refractivity contribution >= 4 is 53.1 Å². The molecule has 0 N–H and O–H groups in total. The second-order valence-corrected chi connectivity index (χ2v) is 14.6. The number of rotatable bonds is 2. The van der Waals surface area contributed by atoms with Crippen molar-refractivity contribution in [2.24, 2.45) is 0 Å². The van der Waals surface area contributed by atoms with Crippen LogP contribution in [0.5, 0.6) is 0 Å². The highest BCUT2D eigenvalue weighted by Crippen LogP contribution is 2.51. The Morgan fingerprint density at radius 1 is 0.255 bits per heavy atom. The van der Waals surface area contributed by atoms with Crippen LogP contribution in [0.1, 0.15) is 0 Å². The zero-order chi connectivity index (χ0) is 33.5. The van der Waals surface area contributed by atoms with Gasteiger partial charge >= 0.3 is 0 Å². The number of thiophene rings is 1. The largest absolute Gasteiger partial charge is 0.135 e. The SMILES string of the molecule is c1ccc2c(c1)-c1ccccc1-c1ccc(-c3c4ccccc4c(-c4cccc5sc6ccccc6c45)c4ccccc34)cc1-c1ccccc1-2. The highest BCUT2D eigenvalue weighted by Gasteiger charge is 2.24. The molecule has 236 valence electrons. The summed E-state index contributed by atoms with van der Waals surface area (Å²) in [7, 11) is 0. The molecule has 51 heavy (non-hydrogen) atoms. The topological polar surface area (TPSA) is 0 Å². The highest BCUT2D eigenvalue weighted by atomic mass is 32.1. The average Bonchev–Trinajstić information content (AvgIpc) is 3.58. The molecule has 0 aliphatic heterocycles. The van der Waals surface area contributed by atoms with Crippen LogP contribution in [0.3, 0.4) is 0 Å². The quantitative estimate of drug-likeness (QED) is 0.162. The Morgan fingerprint density at radius 3 is 1.20 bits per heavy atom. The molecule has 0 saturated carbocycles. The van der Waals surface area contributed by atoms with E-state index in [1.165, 1.54) is 108 Å². The van der Waals surface area contributed by atoms with E-state index in [-0.39, 0.29) is 0 Å². The zero-order valence-corrected chi connectivity index (χ0v) is 28.5. The summed E-state index contributed by atoms with van der Waals surface area (Å²) >= 11 is 1.88. The van der Waals surface area contributed by atoms with Crippen LogP contribution in [-0.4, -0.2) is 0 Å². The van der Waals surface area contributed by atoms with Gasteiger partial charge in [0.05, 0.1) is 0 Å². The Bertz CT molecular complexity index is 2970. The van der Waals surface area contributed by atoms with Crippen molar-refractivity contribution in [2.75, 3.05) is 0 Å². The molecule has 1 aliphatic carbocycles. The van der Waals surface area contributed by atoms with Crippen LogP contribution >= 0.6 is 11.3 Å². The normalized spacial score (nSPS) is 11.9. The lowest BCUT2D eigenvalue weighted by Crippen LogP contribution is -1.97. The van der Waals surface area contributed by atoms with Crippen molar-refractivity contribution in [3.8, 4) is 66.8 Å². The molecule has 0 amide bonds. The predicted molar refractivity (Wildman–Crippen MR) is 221 cm³/mol. The van der Waals surface area contributed by atoms with Gasteiger partial charge in [-0.2, -0.15) is 0 Å². The first-order chi connectivity index (χ1) is 25.3. The van der Waals surface area contributed by atoms with Crippen LogP contribution in [0, 0.1) is 0 Å². The van der Waals surface area contributed by atoms with E-state index in [0.717, 1.165) is 0 Å². The van der Waals surface area contributed by atoms with Gasteiger partial charge in [-0.15, -0.1) is 11.3 Å². The highest BCUT2D eigenvalue weighted by molar-refractivity contribution is 7.25. The van der Waals surface area contributed by atoms with Gasteiger partial charge in [0.15, 0.2) is 0 Å². The van der Waals surface area contributed by atoms with E-state index in [9.17, 15) is 0 Å². The van der Waals surface area contributed by atoms with Gasteiger partial charge in [0.25, 0.3) is 0 Å². The van der Waals surface area contributed by atoms with E-state index in [1.54, 1.807) is 0 Å². The molecule has 0 unspecified atom stereocenters. The van der Waals surface area contributed by atoms with Gasteiger partial charge in [0.1, 0.15) is 0 Å². The monoisotopic (exact) mass is 662 g/mol. The van der Waals surface area contributed by atoms with Crippen LogP contribution in [0.15, 0.2) is 182 Å². The van der Waals surface area contributed by atoms with Crippen LogP contribution in [0.25, 0.3) is 108 Å². The van der Waals surface area contributed by atoms with Gasteiger partial charge in [-0.05, 0) is 107 Å². The van der Waals surface area contributed by atoms with Crippen molar-refractivity contribution in [2.45, 2.75) is 0 Å². The van der Waals surface area contributed by atoms with Crippen LogP contribution in [0.4, 0.5) is 0 Å². The third-order valence-electron chi connectivity index (χ3n) is 10.9. The van der Waals surface area contributed by atoms with Crippen molar-refractivity contribution in [1.29, 1.82) is 0 Å². The summed E-state index contributed by atoms with van der Waals surface area (Å²) < 4.78 is 2.66. The lowest BCUT2D eigenvalue weighted by molar-refractivity contribution is 1.52. The summed E-state index contributed by atoms with van der Waals surface area (Å²) in [6, 6.07) is 67.6. The number of hydrogen-bond donors (Lipinski definition) is 0. The Hall–Kier alpha value is -6.28. The second kappa shape index (κ2) is 11.1. The summed E-state index contributed by atoms with van der Waals surface area (Å²) in [5, 5.41) is 7.77. The van der Waals surface area contributed by atoms with E-state index in [0.29, 0.717) is 0 Å². The molecule has 0 nitrogen and oxygen atoms in total. The van der Waals surface area contributed by atoms with Crippen molar-refractivity contribution < 1.29 is 0 Å². The van der Waals surface area contributed by atoms with Gasteiger partial charge in [-0.1, -0.05) is 164 Å². The fourth-order valence-corrected chi connectivity index (χ4v) is 9.86. The van der Waals surface area contributed by atoms with Gasteiger partial charge < -0.3 is 0 Å². The third-order valence-corrected chi connectivity index (χ3v) is 12.0. The summed E-state index contributed by atoms with van der Waals surface area (Å²) in [5.41, 5.74) is 15.2. The fourth-order valence-electron chi connectivity index (χ4n) is 8.73. The molecule has 1 aliphatic rings. The molecule has 0 bridgehead atoms. The Balaban J connectivity index is 1.24. The minimum Gasteiger partial charge on any atom is -0.135 e. The first kappa shape index (κ1) is 28.5. The maximum absolute atomic E-state index is 2.46. The summed E-state index contributed by atoms with van der Waals surface area (Å²) in [5.74, 6) is 0. The number of hydrogen-bond acceptors (Lipinski definition) is 1. The van der Waals surface area contributed by atoms with Gasteiger partial charge in [-0.25, -0.2) is 0 Å². The third kappa shape index (κ3) is 4.19. The molecule has 10 aromatic rings. The van der Waals surface area contributed by atoms with E-state index in [2.05, 4.69) is 182 Å². The van der Waals surface area contributed by atoms with Gasteiger partial charge in [-0.3, -0.25) is 0 Å². The molecule has 0 spiro atoms. The zero-order valence-electron chi connectivity index (χ0n) is 27.7. The molecule has 9 aromatic carbocycles. The Morgan fingerprint density at radius 2 is 0.647 bits per heavy atom. The van der Waals surface area contributed by atoms with Crippen molar-refractivity contribution in [3.63, 3.8) is 0 Å². The molecule has 0 radical (unpaired) electrons. The van der Waals surface area contributed by atoms with Gasteiger partial charge in [0.2, 0.25) is 0 Å². The van der Waals surface area contributed by atoms with E-state index in [4.69, 9.17) is 0 Å². The number of benzene rings is 9. The molecule has 11 rings (SSSR count). The maximum Gasteiger partial charge on any atom is 0.0361 e. The Kier molecular flexibility index (Phi) is 6.22. The van der Waals surface area contributed by atoms with Crippen molar-refractivity contribution in [3.05, 3.63) is 182 Å². The summed E-state index contributed by atoms with van der Waals surface area (Å²) in [6.07, 6.45) is 0.